The lowest BCUT2D eigenvalue weighted by molar-refractivity contribution is -0.140. The number of halogens is 3. The van der Waals surface area contributed by atoms with Gasteiger partial charge < -0.3 is 10.6 Å². The second-order valence-corrected chi connectivity index (χ2v) is 8.04. The number of carbonyl (C=O) groups is 2. The molecule has 3 aliphatic rings. The Balaban J connectivity index is 0.00000272. The number of carbonyl (C=O) groups excluding carboxylic acids is 2. The predicted octanol–water partition coefficient (Wildman–Crippen LogP) is 2.49. The van der Waals surface area contributed by atoms with Crippen LogP contribution in [0.4, 0.5) is 8.78 Å². The lowest BCUT2D eigenvalue weighted by Crippen LogP contribution is -2.43. The molecule has 2 N–H and O–H groups in total. The van der Waals surface area contributed by atoms with Crippen LogP contribution in [0.1, 0.15) is 18.9 Å². The van der Waals surface area contributed by atoms with Crippen LogP contribution in [0.3, 0.4) is 0 Å². The van der Waals surface area contributed by atoms with Crippen molar-refractivity contribution in [3.05, 3.63) is 47.5 Å². The standard InChI is InChI=1S/C22H26F2N4O2.HI/c1-2-25-22(26-6-5-13-9-16(23)12-17(24)10-13)27-7-8-28-20(29)18-14-3-4-15(11-14)19(18)21(28)30;/h3-4,9-10,12,14-15,18-19H,2,5-8,11H2,1H3,(H2,25,26,27);1H. The van der Waals surface area contributed by atoms with E-state index < -0.39 is 11.6 Å². The van der Waals surface area contributed by atoms with Crippen LogP contribution in [0.25, 0.3) is 0 Å². The fourth-order valence-corrected chi connectivity index (χ4v) is 4.86. The highest BCUT2D eigenvalue weighted by Gasteiger charge is 2.58. The Morgan fingerprint density at radius 1 is 1.06 bits per heavy atom. The number of amides is 2. The van der Waals surface area contributed by atoms with Crippen LogP contribution in [0, 0.1) is 35.3 Å². The van der Waals surface area contributed by atoms with E-state index in [1.165, 1.54) is 17.0 Å². The third-order valence-corrected chi connectivity index (χ3v) is 6.13. The topological polar surface area (TPSA) is 73.8 Å². The SMILES string of the molecule is CCNC(=NCCc1cc(F)cc(F)c1)NCCN1C(=O)C2C3C=CC(C3)C2C1=O.I. The number of rotatable bonds is 7. The Bertz CT molecular complexity index is 857. The van der Waals surface area contributed by atoms with E-state index in [-0.39, 0.29) is 59.5 Å². The summed E-state index contributed by atoms with van der Waals surface area (Å²) < 4.78 is 26.6. The van der Waals surface area contributed by atoms with E-state index in [2.05, 4.69) is 27.8 Å². The minimum absolute atomic E-state index is 0. The number of aliphatic imine (C=N–C) groups is 1. The molecule has 168 valence electrons. The van der Waals surface area contributed by atoms with E-state index in [1.807, 2.05) is 6.92 Å². The molecule has 4 unspecified atom stereocenters. The molecular formula is C22H27F2IN4O2. The van der Waals surface area contributed by atoms with Gasteiger partial charge in [0.2, 0.25) is 11.8 Å². The molecule has 1 aromatic rings. The van der Waals surface area contributed by atoms with Gasteiger partial charge in [-0.15, -0.1) is 24.0 Å². The molecule has 31 heavy (non-hydrogen) atoms. The van der Waals surface area contributed by atoms with Crippen molar-refractivity contribution in [3.8, 4) is 0 Å². The number of nitrogens with one attached hydrogen (secondary N) is 2. The number of allylic oxidation sites excluding steroid dienone is 2. The Morgan fingerprint density at radius 2 is 1.68 bits per heavy atom. The Kier molecular flexibility index (Phi) is 7.66. The number of benzene rings is 1. The maximum absolute atomic E-state index is 13.3. The van der Waals surface area contributed by atoms with Crippen molar-refractivity contribution in [1.29, 1.82) is 0 Å². The molecule has 0 aromatic heterocycles. The van der Waals surface area contributed by atoms with Crippen molar-refractivity contribution in [2.45, 2.75) is 19.8 Å². The number of likely N-dealkylation sites (tertiary alicyclic amines) is 1. The van der Waals surface area contributed by atoms with Gasteiger partial charge in [-0.25, -0.2) is 8.78 Å². The van der Waals surface area contributed by atoms with E-state index in [0.29, 0.717) is 44.1 Å². The molecule has 1 aliphatic heterocycles. The highest BCUT2D eigenvalue weighted by molar-refractivity contribution is 14.0. The summed E-state index contributed by atoms with van der Waals surface area (Å²) in [6.45, 7) is 3.60. The zero-order valence-corrected chi connectivity index (χ0v) is 19.6. The maximum atomic E-state index is 13.3. The average molecular weight is 544 g/mol. The Labute approximate surface area is 197 Å². The summed E-state index contributed by atoms with van der Waals surface area (Å²) >= 11 is 0. The van der Waals surface area contributed by atoms with E-state index in [4.69, 9.17) is 0 Å². The molecule has 2 fully saturated rings. The van der Waals surface area contributed by atoms with Crippen molar-refractivity contribution in [2.24, 2.45) is 28.7 Å². The van der Waals surface area contributed by atoms with Crippen LogP contribution in [-0.4, -0.2) is 48.9 Å². The van der Waals surface area contributed by atoms with E-state index in [9.17, 15) is 18.4 Å². The van der Waals surface area contributed by atoms with Crippen molar-refractivity contribution in [2.75, 3.05) is 26.2 Å². The quantitative estimate of drug-likeness (QED) is 0.182. The summed E-state index contributed by atoms with van der Waals surface area (Å²) in [5.74, 6) is -0.725. The van der Waals surface area contributed by atoms with Crippen LogP contribution in [0.5, 0.6) is 0 Å². The third-order valence-electron chi connectivity index (χ3n) is 6.13. The minimum Gasteiger partial charge on any atom is -0.357 e. The normalized spacial score (nSPS) is 26.3. The average Bonchev–Trinajstić information content (AvgIpc) is 3.37. The number of hydrogen-bond donors (Lipinski definition) is 2. The molecule has 1 aromatic carbocycles. The first-order valence-corrected chi connectivity index (χ1v) is 10.5. The van der Waals surface area contributed by atoms with Crippen LogP contribution in [0.2, 0.25) is 0 Å². The van der Waals surface area contributed by atoms with Crippen LogP contribution in [0.15, 0.2) is 35.3 Å². The summed E-state index contributed by atoms with van der Waals surface area (Å²) in [5.41, 5.74) is 0.537. The van der Waals surface area contributed by atoms with Gasteiger partial charge in [-0.1, -0.05) is 12.2 Å². The van der Waals surface area contributed by atoms with Gasteiger partial charge in [0.05, 0.1) is 11.8 Å². The smallest absolute Gasteiger partial charge is 0.233 e. The van der Waals surface area contributed by atoms with Crippen molar-refractivity contribution in [3.63, 3.8) is 0 Å². The van der Waals surface area contributed by atoms with Gasteiger partial charge in [0.1, 0.15) is 11.6 Å². The fraction of sp³-hybridized carbons (Fsp3) is 0.500. The van der Waals surface area contributed by atoms with Gasteiger partial charge in [-0.2, -0.15) is 0 Å². The molecule has 6 nitrogen and oxygen atoms in total. The molecular weight excluding hydrogens is 517 g/mol. The highest BCUT2D eigenvalue weighted by Crippen LogP contribution is 2.52. The molecule has 0 radical (unpaired) electrons. The molecule has 1 saturated carbocycles. The first kappa shape index (κ1) is 23.6. The van der Waals surface area contributed by atoms with E-state index in [0.717, 1.165) is 12.5 Å². The third kappa shape index (κ3) is 4.91. The molecule has 1 heterocycles. The highest BCUT2D eigenvalue weighted by atomic mass is 127. The molecule has 2 amide bonds. The second-order valence-electron chi connectivity index (χ2n) is 8.04. The van der Waals surface area contributed by atoms with E-state index in [1.54, 1.807) is 0 Å². The largest absolute Gasteiger partial charge is 0.357 e. The van der Waals surface area contributed by atoms with Gasteiger partial charge in [0.25, 0.3) is 0 Å². The molecule has 2 aliphatic carbocycles. The van der Waals surface area contributed by atoms with Gasteiger partial charge in [0.15, 0.2) is 5.96 Å². The summed E-state index contributed by atoms with van der Waals surface area (Å²) in [5, 5.41) is 6.23. The summed E-state index contributed by atoms with van der Waals surface area (Å²) in [7, 11) is 0. The van der Waals surface area contributed by atoms with Crippen molar-refractivity contribution >= 4 is 41.8 Å². The Hall–Kier alpha value is -2.04. The Morgan fingerprint density at radius 3 is 2.26 bits per heavy atom. The maximum Gasteiger partial charge on any atom is 0.233 e. The first-order valence-electron chi connectivity index (χ1n) is 10.5. The predicted molar refractivity (Wildman–Crippen MR) is 124 cm³/mol. The van der Waals surface area contributed by atoms with Crippen LogP contribution >= 0.6 is 24.0 Å². The van der Waals surface area contributed by atoms with E-state index >= 15 is 0 Å². The summed E-state index contributed by atoms with van der Waals surface area (Å²) in [4.78, 5) is 31.2. The minimum atomic E-state index is -0.604. The number of fused-ring (bicyclic) bond motifs is 5. The molecule has 2 bridgehead atoms. The second kappa shape index (κ2) is 10.1. The first-order chi connectivity index (χ1) is 14.5. The number of hydrogen-bond acceptors (Lipinski definition) is 3. The molecule has 4 atom stereocenters. The number of nitrogens with zero attached hydrogens (tertiary/aromatic N) is 2. The van der Waals surface area contributed by atoms with Crippen LogP contribution < -0.4 is 10.6 Å². The van der Waals surface area contributed by atoms with Crippen LogP contribution in [-0.2, 0) is 16.0 Å². The zero-order chi connectivity index (χ0) is 21.3. The monoisotopic (exact) mass is 544 g/mol. The number of guanidine groups is 1. The zero-order valence-electron chi connectivity index (χ0n) is 17.3. The molecule has 1 saturated heterocycles. The molecule has 4 rings (SSSR count). The van der Waals surface area contributed by atoms with Crippen molar-refractivity contribution in [1.82, 2.24) is 15.5 Å². The van der Waals surface area contributed by atoms with Gasteiger partial charge in [0, 0.05) is 32.2 Å². The number of imide groups is 1. The van der Waals surface area contributed by atoms with Gasteiger partial charge in [-0.3, -0.25) is 19.5 Å². The lowest BCUT2D eigenvalue weighted by Gasteiger charge is -2.18. The summed E-state index contributed by atoms with van der Waals surface area (Å²) in [6.07, 6.45) is 5.48. The summed E-state index contributed by atoms with van der Waals surface area (Å²) in [6, 6.07) is 3.43. The fourth-order valence-electron chi connectivity index (χ4n) is 4.86. The molecule has 9 heteroatoms. The van der Waals surface area contributed by atoms with Gasteiger partial charge >= 0.3 is 0 Å². The lowest BCUT2D eigenvalue weighted by atomic mass is 9.85. The van der Waals surface area contributed by atoms with Crippen molar-refractivity contribution < 1.29 is 18.4 Å². The van der Waals surface area contributed by atoms with Gasteiger partial charge in [-0.05, 0) is 49.3 Å². The molecule has 0 spiro atoms.